The second-order valence-corrected chi connectivity index (χ2v) is 6.72. The summed E-state index contributed by atoms with van der Waals surface area (Å²) in [6.07, 6.45) is 2.36. The molecule has 0 spiro atoms. The molecule has 0 bridgehead atoms. The van der Waals surface area contributed by atoms with Crippen molar-refractivity contribution in [3.8, 4) is 0 Å². The molecule has 0 aromatic carbocycles. The van der Waals surface area contributed by atoms with E-state index >= 15 is 0 Å². The molecule has 1 heterocycles. The molecule has 2 atom stereocenters. The number of amides is 1. The lowest BCUT2D eigenvalue weighted by molar-refractivity contribution is -0.140. The van der Waals surface area contributed by atoms with Crippen LogP contribution in [0.5, 0.6) is 0 Å². The third-order valence-electron chi connectivity index (χ3n) is 4.27. The number of methoxy groups -OCH3 is 1. The van der Waals surface area contributed by atoms with Crippen LogP contribution in [-0.2, 0) is 9.53 Å². The Morgan fingerprint density at radius 3 is 2.50 bits per heavy atom. The highest BCUT2D eigenvalue weighted by Crippen LogP contribution is 2.20. The van der Waals surface area contributed by atoms with Gasteiger partial charge in [-0.1, -0.05) is 27.7 Å². The van der Waals surface area contributed by atoms with Crippen LogP contribution in [0.2, 0.25) is 0 Å². The van der Waals surface area contributed by atoms with Crippen molar-refractivity contribution in [2.75, 3.05) is 33.8 Å². The van der Waals surface area contributed by atoms with E-state index in [0.29, 0.717) is 0 Å². The summed E-state index contributed by atoms with van der Waals surface area (Å²) in [5, 5.41) is 0. The molecule has 1 fully saturated rings. The maximum atomic E-state index is 12.2. The van der Waals surface area contributed by atoms with Crippen LogP contribution < -0.4 is 0 Å². The molecule has 4 nitrogen and oxygen atoms in total. The first-order valence-electron chi connectivity index (χ1n) is 7.88. The Morgan fingerprint density at radius 2 is 2.00 bits per heavy atom. The molecular weight excluding hydrogens is 252 g/mol. The zero-order chi connectivity index (χ0) is 15.3. The zero-order valence-electron chi connectivity index (χ0n) is 14.1. The van der Waals surface area contributed by atoms with Crippen molar-refractivity contribution < 1.29 is 9.53 Å². The molecule has 1 saturated heterocycles. The van der Waals surface area contributed by atoms with E-state index in [1.165, 1.54) is 6.42 Å². The van der Waals surface area contributed by atoms with Gasteiger partial charge in [0.25, 0.3) is 0 Å². The Kier molecular flexibility index (Phi) is 6.96. The second kappa shape index (κ2) is 7.99. The maximum absolute atomic E-state index is 12.2. The quantitative estimate of drug-likeness (QED) is 0.750. The zero-order valence-corrected chi connectivity index (χ0v) is 14.1. The average Bonchev–Trinajstić information content (AvgIpc) is 2.42. The normalized spacial score (nSPS) is 24.4. The van der Waals surface area contributed by atoms with Gasteiger partial charge in [-0.05, 0) is 25.3 Å². The van der Waals surface area contributed by atoms with Crippen molar-refractivity contribution >= 4 is 5.91 Å². The number of carbonyl (C=O) groups excluding carboxylic acids is 1. The number of carbonyl (C=O) groups is 1. The van der Waals surface area contributed by atoms with Gasteiger partial charge in [-0.25, -0.2) is 0 Å². The summed E-state index contributed by atoms with van der Waals surface area (Å²) in [5.74, 6) is 1.00. The molecule has 0 radical (unpaired) electrons. The van der Waals surface area contributed by atoms with Crippen molar-refractivity contribution in [2.45, 2.75) is 52.7 Å². The SMILES string of the molecule is CO[C@@H]1CN(CCC(C)C)CC[C@H]1N(C)C(=O)C(C)C. The largest absolute Gasteiger partial charge is 0.378 e. The van der Waals surface area contributed by atoms with Crippen molar-refractivity contribution in [1.29, 1.82) is 0 Å². The molecule has 0 unspecified atom stereocenters. The minimum Gasteiger partial charge on any atom is -0.378 e. The molecular formula is C16H32N2O2. The van der Waals surface area contributed by atoms with E-state index in [0.717, 1.165) is 32.0 Å². The fraction of sp³-hybridized carbons (Fsp3) is 0.938. The molecule has 1 amide bonds. The lowest BCUT2D eigenvalue weighted by Gasteiger charge is -2.42. The van der Waals surface area contributed by atoms with E-state index in [2.05, 4.69) is 18.7 Å². The van der Waals surface area contributed by atoms with E-state index in [9.17, 15) is 4.79 Å². The first-order chi connectivity index (χ1) is 9.36. The van der Waals surface area contributed by atoms with Gasteiger partial charge in [0.05, 0.1) is 12.1 Å². The second-order valence-electron chi connectivity index (χ2n) is 6.72. The van der Waals surface area contributed by atoms with Crippen LogP contribution >= 0.6 is 0 Å². The van der Waals surface area contributed by atoms with E-state index in [4.69, 9.17) is 4.74 Å². The lowest BCUT2D eigenvalue weighted by Crippen LogP contribution is -2.56. The van der Waals surface area contributed by atoms with Crippen LogP contribution in [0.25, 0.3) is 0 Å². The Morgan fingerprint density at radius 1 is 1.35 bits per heavy atom. The first kappa shape index (κ1) is 17.4. The lowest BCUT2D eigenvalue weighted by atomic mass is 9.98. The van der Waals surface area contributed by atoms with Crippen LogP contribution in [-0.4, -0.2) is 61.6 Å². The van der Waals surface area contributed by atoms with Crippen LogP contribution in [0.1, 0.15) is 40.5 Å². The van der Waals surface area contributed by atoms with Crippen molar-refractivity contribution in [1.82, 2.24) is 9.80 Å². The highest BCUT2D eigenvalue weighted by molar-refractivity contribution is 5.78. The highest BCUT2D eigenvalue weighted by Gasteiger charge is 2.34. The molecule has 4 heteroatoms. The Hall–Kier alpha value is -0.610. The fourth-order valence-corrected chi connectivity index (χ4v) is 2.86. The summed E-state index contributed by atoms with van der Waals surface area (Å²) in [5.41, 5.74) is 0. The van der Waals surface area contributed by atoms with Crippen LogP contribution in [0.4, 0.5) is 0 Å². The molecule has 0 saturated carbocycles. The molecule has 1 aliphatic rings. The summed E-state index contributed by atoms with van der Waals surface area (Å²) < 4.78 is 5.66. The van der Waals surface area contributed by atoms with Gasteiger partial charge in [0.15, 0.2) is 0 Å². The minimum absolute atomic E-state index is 0.0523. The summed E-state index contributed by atoms with van der Waals surface area (Å²) in [6.45, 7) is 11.6. The number of piperidine rings is 1. The molecule has 0 N–H and O–H groups in total. The van der Waals surface area contributed by atoms with Crippen LogP contribution in [0, 0.1) is 11.8 Å². The van der Waals surface area contributed by atoms with Gasteiger partial charge in [-0.15, -0.1) is 0 Å². The monoisotopic (exact) mass is 284 g/mol. The molecule has 1 aliphatic heterocycles. The summed E-state index contributed by atoms with van der Waals surface area (Å²) >= 11 is 0. The Bertz CT molecular complexity index is 305. The van der Waals surface area contributed by atoms with Gasteiger partial charge >= 0.3 is 0 Å². The third kappa shape index (κ3) is 4.74. The molecule has 0 aromatic rings. The molecule has 20 heavy (non-hydrogen) atoms. The van der Waals surface area contributed by atoms with Crippen molar-refractivity contribution in [2.24, 2.45) is 11.8 Å². The van der Waals surface area contributed by atoms with Gasteiger partial charge in [-0.2, -0.15) is 0 Å². The van der Waals surface area contributed by atoms with E-state index in [1.54, 1.807) is 7.11 Å². The summed E-state index contributed by atoms with van der Waals surface area (Å²) in [7, 11) is 3.68. The van der Waals surface area contributed by atoms with Gasteiger partial charge in [-0.3, -0.25) is 4.79 Å². The summed E-state index contributed by atoms with van der Waals surface area (Å²) in [6, 6.07) is 0.213. The Labute approximate surface area is 124 Å². The standard InChI is InChI=1S/C16H32N2O2/c1-12(2)7-9-18-10-8-14(15(11-18)20-6)17(5)16(19)13(3)4/h12-15H,7-11H2,1-6H3/t14-,15-/m1/s1. The maximum Gasteiger partial charge on any atom is 0.225 e. The highest BCUT2D eigenvalue weighted by atomic mass is 16.5. The van der Waals surface area contributed by atoms with Crippen molar-refractivity contribution in [3.63, 3.8) is 0 Å². The van der Waals surface area contributed by atoms with Crippen molar-refractivity contribution in [3.05, 3.63) is 0 Å². The summed E-state index contributed by atoms with van der Waals surface area (Å²) in [4.78, 5) is 16.5. The topological polar surface area (TPSA) is 32.8 Å². The fourth-order valence-electron chi connectivity index (χ4n) is 2.86. The predicted octanol–water partition coefficient (Wildman–Crippen LogP) is 2.24. The molecule has 0 aliphatic carbocycles. The van der Waals surface area contributed by atoms with Gasteiger partial charge in [0.2, 0.25) is 5.91 Å². The van der Waals surface area contributed by atoms with Crippen LogP contribution in [0.3, 0.4) is 0 Å². The first-order valence-corrected chi connectivity index (χ1v) is 7.88. The van der Waals surface area contributed by atoms with Gasteiger partial charge in [0.1, 0.15) is 0 Å². The predicted molar refractivity (Wildman–Crippen MR) is 82.7 cm³/mol. The van der Waals surface area contributed by atoms with E-state index in [1.807, 2.05) is 25.8 Å². The number of hydrogen-bond acceptors (Lipinski definition) is 3. The van der Waals surface area contributed by atoms with E-state index in [-0.39, 0.29) is 24.0 Å². The number of hydrogen-bond donors (Lipinski definition) is 0. The number of ether oxygens (including phenoxy) is 1. The molecule has 0 aromatic heterocycles. The van der Waals surface area contributed by atoms with Gasteiger partial charge < -0.3 is 14.5 Å². The number of likely N-dealkylation sites (N-methyl/N-ethyl adjacent to an activating group) is 1. The Balaban J connectivity index is 2.57. The minimum atomic E-state index is 0.0523. The van der Waals surface area contributed by atoms with E-state index < -0.39 is 0 Å². The van der Waals surface area contributed by atoms with Crippen LogP contribution in [0.15, 0.2) is 0 Å². The smallest absolute Gasteiger partial charge is 0.225 e. The number of rotatable bonds is 6. The number of nitrogens with zero attached hydrogens (tertiary/aromatic N) is 2. The molecule has 118 valence electrons. The van der Waals surface area contributed by atoms with Gasteiger partial charge in [0, 0.05) is 33.2 Å². The third-order valence-corrected chi connectivity index (χ3v) is 4.27. The number of likely N-dealkylation sites (tertiary alicyclic amines) is 1. The molecule has 1 rings (SSSR count). The average molecular weight is 284 g/mol.